The molecule has 1 aromatic carbocycles. The maximum absolute atomic E-state index is 13.6. The molecule has 0 aliphatic carbocycles. The van der Waals surface area contributed by atoms with Gasteiger partial charge in [-0.1, -0.05) is 6.42 Å². The number of rotatable bonds is 5. The number of hydrogen-bond acceptors (Lipinski definition) is 2. The lowest BCUT2D eigenvalue weighted by Crippen LogP contribution is -2.45. The number of guanidine groups is 1. The number of benzene rings is 1. The first-order valence-electron chi connectivity index (χ1n) is 8.22. The van der Waals surface area contributed by atoms with Gasteiger partial charge in [-0.25, -0.2) is 8.78 Å². The quantitative estimate of drug-likeness (QED) is 0.410. The van der Waals surface area contributed by atoms with Crippen molar-refractivity contribution in [1.29, 1.82) is 0 Å². The van der Waals surface area contributed by atoms with Gasteiger partial charge < -0.3 is 10.6 Å². The maximum atomic E-state index is 13.6. The van der Waals surface area contributed by atoms with Crippen molar-refractivity contribution >= 4 is 29.9 Å². The Morgan fingerprint density at radius 1 is 1.29 bits per heavy atom. The Morgan fingerprint density at radius 3 is 2.79 bits per heavy atom. The fraction of sp³-hybridized carbons (Fsp3) is 0.588. The van der Waals surface area contributed by atoms with Gasteiger partial charge >= 0.3 is 0 Å². The molecule has 4 nitrogen and oxygen atoms in total. The van der Waals surface area contributed by atoms with Gasteiger partial charge in [0.05, 0.1) is 0 Å². The van der Waals surface area contributed by atoms with Gasteiger partial charge in [0.15, 0.2) is 5.96 Å². The molecule has 1 aliphatic heterocycles. The highest BCUT2D eigenvalue weighted by Crippen LogP contribution is 2.15. The Hall–Kier alpha value is -0.960. The summed E-state index contributed by atoms with van der Waals surface area (Å²) in [4.78, 5) is 6.58. The van der Waals surface area contributed by atoms with Crippen LogP contribution >= 0.6 is 24.0 Å². The van der Waals surface area contributed by atoms with Crippen molar-refractivity contribution in [2.24, 2.45) is 4.99 Å². The zero-order chi connectivity index (χ0) is 16.7. The molecule has 1 saturated heterocycles. The molecule has 7 heteroatoms. The molecule has 0 spiro atoms. The van der Waals surface area contributed by atoms with E-state index in [0.717, 1.165) is 31.8 Å². The van der Waals surface area contributed by atoms with E-state index in [4.69, 9.17) is 0 Å². The molecule has 1 aliphatic rings. The highest BCUT2D eigenvalue weighted by molar-refractivity contribution is 14.0. The third kappa shape index (κ3) is 6.51. The van der Waals surface area contributed by atoms with Crippen LogP contribution in [-0.2, 0) is 6.54 Å². The molecule has 1 aromatic rings. The molecule has 1 atom stereocenters. The summed E-state index contributed by atoms with van der Waals surface area (Å²) in [6.07, 6.45) is 3.83. The van der Waals surface area contributed by atoms with Crippen LogP contribution in [0.3, 0.4) is 0 Å². The van der Waals surface area contributed by atoms with E-state index >= 15 is 0 Å². The summed E-state index contributed by atoms with van der Waals surface area (Å²) >= 11 is 0. The van der Waals surface area contributed by atoms with Gasteiger partial charge in [0.2, 0.25) is 0 Å². The Kier molecular flexibility index (Phi) is 9.50. The van der Waals surface area contributed by atoms with Gasteiger partial charge in [0.25, 0.3) is 0 Å². The summed E-state index contributed by atoms with van der Waals surface area (Å²) in [7, 11) is 1.67. The van der Waals surface area contributed by atoms with Crippen molar-refractivity contribution in [2.45, 2.75) is 38.8 Å². The topological polar surface area (TPSA) is 39.7 Å². The second-order valence-corrected chi connectivity index (χ2v) is 5.97. The fourth-order valence-corrected chi connectivity index (χ4v) is 2.89. The Balaban J connectivity index is 0.00000288. The molecular weight excluding hydrogens is 425 g/mol. The lowest BCUT2D eigenvalue weighted by Gasteiger charge is -2.33. The van der Waals surface area contributed by atoms with Crippen molar-refractivity contribution in [1.82, 2.24) is 15.5 Å². The Morgan fingerprint density at radius 2 is 2.08 bits per heavy atom. The number of halogens is 3. The van der Waals surface area contributed by atoms with E-state index in [2.05, 4.69) is 27.4 Å². The Bertz CT molecular complexity index is 539. The van der Waals surface area contributed by atoms with Crippen molar-refractivity contribution in [3.8, 4) is 0 Å². The van der Waals surface area contributed by atoms with Crippen LogP contribution in [-0.4, -0.2) is 43.6 Å². The predicted molar refractivity (Wildman–Crippen MR) is 105 cm³/mol. The summed E-state index contributed by atoms with van der Waals surface area (Å²) in [6, 6.07) is 4.08. The highest BCUT2D eigenvalue weighted by atomic mass is 127. The van der Waals surface area contributed by atoms with Gasteiger partial charge in [0.1, 0.15) is 11.6 Å². The minimum atomic E-state index is -0.440. The normalized spacial score (nSPS) is 18.8. The molecule has 0 bridgehead atoms. The molecule has 0 amide bonds. The number of nitrogens with one attached hydrogen (secondary N) is 2. The first-order chi connectivity index (χ1) is 11.1. The van der Waals surface area contributed by atoms with Crippen molar-refractivity contribution in [2.75, 3.05) is 26.7 Å². The largest absolute Gasteiger partial charge is 0.355 e. The number of likely N-dealkylation sites (tertiary alicyclic amines) is 1. The van der Waals surface area contributed by atoms with E-state index in [1.165, 1.54) is 25.3 Å². The summed E-state index contributed by atoms with van der Waals surface area (Å²) in [5.74, 6) is -0.264. The average molecular weight is 452 g/mol. The average Bonchev–Trinajstić information content (AvgIpc) is 2.55. The summed E-state index contributed by atoms with van der Waals surface area (Å²) in [5, 5.41) is 6.24. The van der Waals surface area contributed by atoms with Crippen LogP contribution in [0.25, 0.3) is 0 Å². The van der Waals surface area contributed by atoms with Crippen molar-refractivity contribution in [3.05, 3.63) is 35.4 Å². The standard InChI is InChI=1S/C17H26F2N4.HI/c1-13-5-3-4-9-23(13)10-8-21-17(20-2)22-12-14-11-15(18)6-7-16(14)19;/h6-7,11,13H,3-5,8-10,12H2,1-2H3,(H2,20,21,22);1H. The Labute approximate surface area is 160 Å². The van der Waals surface area contributed by atoms with Crippen LogP contribution in [0.15, 0.2) is 23.2 Å². The van der Waals surface area contributed by atoms with Gasteiger partial charge in [-0.15, -0.1) is 24.0 Å². The first-order valence-corrected chi connectivity index (χ1v) is 8.22. The van der Waals surface area contributed by atoms with E-state index in [1.54, 1.807) is 7.05 Å². The van der Waals surface area contributed by atoms with Gasteiger partial charge in [-0.3, -0.25) is 9.89 Å². The zero-order valence-corrected chi connectivity index (χ0v) is 16.6. The molecule has 0 aromatic heterocycles. The SMILES string of the molecule is CN=C(NCCN1CCCCC1C)NCc1cc(F)ccc1F.I. The molecule has 2 rings (SSSR count). The molecular formula is C17H27F2IN4. The molecule has 0 saturated carbocycles. The second kappa shape index (κ2) is 10.8. The second-order valence-electron chi connectivity index (χ2n) is 5.97. The van der Waals surface area contributed by atoms with Crippen LogP contribution in [0.4, 0.5) is 8.78 Å². The number of aliphatic imine (C=N–C) groups is 1. The lowest BCUT2D eigenvalue weighted by molar-refractivity contribution is 0.163. The van der Waals surface area contributed by atoms with E-state index in [-0.39, 0.29) is 36.1 Å². The van der Waals surface area contributed by atoms with Crippen LogP contribution in [0, 0.1) is 11.6 Å². The predicted octanol–water partition coefficient (Wildman–Crippen LogP) is 3.12. The van der Waals surface area contributed by atoms with Crippen LogP contribution in [0.1, 0.15) is 31.7 Å². The van der Waals surface area contributed by atoms with Crippen LogP contribution < -0.4 is 10.6 Å². The monoisotopic (exact) mass is 452 g/mol. The van der Waals surface area contributed by atoms with Crippen molar-refractivity contribution in [3.63, 3.8) is 0 Å². The minimum absolute atomic E-state index is 0. The molecule has 2 N–H and O–H groups in total. The molecule has 1 fully saturated rings. The van der Waals surface area contributed by atoms with Crippen LogP contribution in [0.5, 0.6) is 0 Å². The van der Waals surface area contributed by atoms with Gasteiger partial charge in [-0.2, -0.15) is 0 Å². The first kappa shape index (κ1) is 21.1. The van der Waals surface area contributed by atoms with Gasteiger partial charge in [-0.05, 0) is 44.5 Å². The third-order valence-corrected chi connectivity index (χ3v) is 4.31. The molecule has 1 heterocycles. The summed E-state index contributed by atoms with van der Waals surface area (Å²) < 4.78 is 26.7. The highest BCUT2D eigenvalue weighted by Gasteiger charge is 2.17. The number of hydrogen-bond donors (Lipinski definition) is 2. The van der Waals surface area contributed by atoms with E-state index in [1.807, 2.05) is 0 Å². The third-order valence-electron chi connectivity index (χ3n) is 4.31. The molecule has 0 radical (unpaired) electrons. The minimum Gasteiger partial charge on any atom is -0.355 e. The summed E-state index contributed by atoms with van der Waals surface area (Å²) in [5.41, 5.74) is 0.289. The smallest absolute Gasteiger partial charge is 0.191 e. The number of piperidine rings is 1. The number of nitrogens with zero attached hydrogens (tertiary/aromatic N) is 2. The fourth-order valence-electron chi connectivity index (χ4n) is 2.89. The maximum Gasteiger partial charge on any atom is 0.191 e. The molecule has 24 heavy (non-hydrogen) atoms. The van der Waals surface area contributed by atoms with E-state index in [9.17, 15) is 8.78 Å². The van der Waals surface area contributed by atoms with E-state index in [0.29, 0.717) is 12.0 Å². The molecule has 1 unspecified atom stereocenters. The van der Waals surface area contributed by atoms with Crippen molar-refractivity contribution < 1.29 is 8.78 Å². The molecule has 136 valence electrons. The van der Waals surface area contributed by atoms with Crippen LogP contribution in [0.2, 0.25) is 0 Å². The van der Waals surface area contributed by atoms with E-state index < -0.39 is 11.6 Å². The lowest BCUT2D eigenvalue weighted by atomic mass is 10.0. The van der Waals surface area contributed by atoms with Gasteiger partial charge in [0, 0.05) is 38.3 Å². The zero-order valence-electron chi connectivity index (χ0n) is 14.3. The summed E-state index contributed by atoms with van der Waals surface area (Å²) in [6.45, 7) is 5.33.